The van der Waals surface area contributed by atoms with E-state index < -0.39 is 12.1 Å². The van der Waals surface area contributed by atoms with Crippen LogP contribution >= 0.6 is 0 Å². The largest absolute Gasteiger partial charge is 0.352 e. The van der Waals surface area contributed by atoms with Gasteiger partial charge in [0.05, 0.1) is 0 Å². The number of carbonyl (C=O) groups is 2. The number of urea groups is 2. The number of rotatable bonds is 11. The van der Waals surface area contributed by atoms with Gasteiger partial charge >= 0.3 is 12.1 Å². The van der Waals surface area contributed by atoms with Crippen molar-refractivity contribution < 1.29 is 9.59 Å². The lowest BCUT2D eigenvalue weighted by Gasteiger charge is -2.03. The minimum Gasteiger partial charge on any atom is -0.352 e. The Balaban J connectivity index is 2.99. The summed E-state index contributed by atoms with van der Waals surface area (Å²) >= 11 is 0. The summed E-state index contributed by atoms with van der Waals surface area (Å²) in [5.41, 5.74) is 9.89. The highest BCUT2D eigenvalue weighted by atomic mass is 16.2. The zero-order valence-electron chi connectivity index (χ0n) is 11.0. The van der Waals surface area contributed by atoms with Crippen molar-refractivity contribution in [2.75, 3.05) is 13.1 Å². The summed E-state index contributed by atoms with van der Waals surface area (Å²) in [5, 5.41) is 5.15. The van der Waals surface area contributed by atoms with Gasteiger partial charge in [0.15, 0.2) is 0 Å². The fourth-order valence-corrected chi connectivity index (χ4v) is 1.73. The summed E-state index contributed by atoms with van der Waals surface area (Å²) in [7, 11) is 0. The molecule has 0 aliphatic rings. The average molecular weight is 258 g/mol. The molecule has 106 valence electrons. The molecular weight excluding hydrogens is 232 g/mol. The maximum atomic E-state index is 10.4. The van der Waals surface area contributed by atoms with Crippen molar-refractivity contribution in [3.8, 4) is 0 Å². The van der Waals surface area contributed by atoms with Crippen LogP contribution in [0.2, 0.25) is 0 Å². The van der Waals surface area contributed by atoms with Crippen LogP contribution in [0.4, 0.5) is 9.59 Å². The average Bonchev–Trinajstić information content (AvgIpc) is 2.29. The standard InChI is InChI=1S/C12H26N4O2/c13-11(17)15-9-7-5-3-1-2-4-6-8-10-16-12(14)18/h1-10H2,(H3,13,15,17)(H3,14,16,18). The Morgan fingerprint density at radius 3 is 1.17 bits per heavy atom. The van der Waals surface area contributed by atoms with Gasteiger partial charge in [-0.2, -0.15) is 0 Å². The monoisotopic (exact) mass is 258 g/mol. The molecular formula is C12H26N4O2. The van der Waals surface area contributed by atoms with E-state index in [2.05, 4.69) is 10.6 Å². The van der Waals surface area contributed by atoms with Crippen LogP contribution in [-0.2, 0) is 0 Å². The first-order valence-electron chi connectivity index (χ1n) is 6.69. The number of primary amides is 2. The maximum absolute atomic E-state index is 10.4. The Bertz CT molecular complexity index is 210. The molecule has 0 radical (unpaired) electrons. The van der Waals surface area contributed by atoms with Crippen LogP contribution in [0.15, 0.2) is 0 Å². The van der Waals surface area contributed by atoms with Gasteiger partial charge in [-0.25, -0.2) is 9.59 Å². The second-order valence-corrected chi connectivity index (χ2v) is 4.41. The van der Waals surface area contributed by atoms with E-state index >= 15 is 0 Å². The van der Waals surface area contributed by atoms with Crippen LogP contribution < -0.4 is 22.1 Å². The first kappa shape index (κ1) is 16.5. The SMILES string of the molecule is NC(=O)NCCCCCCCCCCNC(N)=O. The highest BCUT2D eigenvalue weighted by molar-refractivity contribution is 5.71. The number of unbranched alkanes of at least 4 members (excludes halogenated alkanes) is 7. The molecule has 0 spiro atoms. The molecule has 0 bridgehead atoms. The maximum Gasteiger partial charge on any atom is 0.312 e. The van der Waals surface area contributed by atoms with Gasteiger partial charge in [0.1, 0.15) is 0 Å². The first-order valence-corrected chi connectivity index (χ1v) is 6.69. The lowest BCUT2D eigenvalue weighted by molar-refractivity contribution is 0.247. The molecule has 0 saturated carbocycles. The van der Waals surface area contributed by atoms with Crippen molar-refractivity contribution in [1.82, 2.24) is 10.6 Å². The Morgan fingerprint density at radius 2 is 0.889 bits per heavy atom. The van der Waals surface area contributed by atoms with Crippen molar-refractivity contribution >= 4 is 12.1 Å². The molecule has 6 heteroatoms. The lowest BCUT2D eigenvalue weighted by Crippen LogP contribution is -2.30. The van der Waals surface area contributed by atoms with E-state index in [-0.39, 0.29) is 0 Å². The Kier molecular flexibility index (Phi) is 11.0. The smallest absolute Gasteiger partial charge is 0.312 e. The van der Waals surface area contributed by atoms with Crippen LogP contribution in [0, 0.1) is 0 Å². The fourth-order valence-electron chi connectivity index (χ4n) is 1.73. The third-order valence-corrected chi connectivity index (χ3v) is 2.70. The van der Waals surface area contributed by atoms with Gasteiger partial charge in [0.25, 0.3) is 0 Å². The number of nitrogens with one attached hydrogen (secondary N) is 2. The molecule has 4 amide bonds. The van der Waals surface area contributed by atoms with E-state index in [1.54, 1.807) is 0 Å². The fraction of sp³-hybridized carbons (Fsp3) is 0.833. The number of hydrogen-bond acceptors (Lipinski definition) is 2. The summed E-state index contributed by atoms with van der Waals surface area (Å²) in [5.74, 6) is 0. The summed E-state index contributed by atoms with van der Waals surface area (Å²) < 4.78 is 0. The van der Waals surface area contributed by atoms with Gasteiger partial charge in [-0.05, 0) is 12.8 Å². The normalized spacial score (nSPS) is 10.0. The summed E-state index contributed by atoms with van der Waals surface area (Å²) in [4.78, 5) is 20.8. The van der Waals surface area contributed by atoms with Crippen LogP contribution in [0.1, 0.15) is 51.4 Å². The summed E-state index contributed by atoms with van der Waals surface area (Å²) in [6.45, 7) is 1.35. The van der Waals surface area contributed by atoms with E-state index in [1.807, 2.05) is 0 Å². The predicted molar refractivity (Wildman–Crippen MR) is 72.1 cm³/mol. The minimum absolute atomic E-state index is 0.445. The van der Waals surface area contributed by atoms with Gasteiger partial charge in [-0.3, -0.25) is 0 Å². The second kappa shape index (κ2) is 12.0. The molecule has 0 fully saturated rings. The summed E-state index contributed by atoms with van der Waals surface area (Å²) in [6, 6.07) is -0.890. The molecule has 0 aromatic heterocycles. The Morgan fingerprint density at radius 1 is 0.611 bits per heavy atom. The predicted octanol–water partition coefficient (Wildman–Crippen LogP) is 1.44. The molecule has 0 aliphatic carbocycles. The molecule has 0 rings (SSSR count). The van der Waals surface area contributed by atoms with Gasteiger partial charge in [0.2, 0.25) is 0 Å². The van der Waals surface area contributed by atoms with Gasteiger partial charge in [0, 0.05) is 13.1 Å². The van der Waals surface area contributed by atoms with Crippen LogP contribution in [0.3, 0.4) is 0 Å². The van der Waals surface area contributed by atoms with Gasteiger partial charge in [-0.1, -0.05) is 38.5 Å². The molecule has 0 aliphatic heterocycles. The molecule has 6 N–H and O–H groups in total. The van der Waals surface area contributed by atoms with E-state index in [4.69, 9.17) is 11.5 Å². The Hall–Kier alpha value is -1.46. The molecule has 0 saturated heterocycles. The van der Waals surface area contributed by atoms with E-state index in [9.17, 15) is 9.59 Å². The third-order valence-electron chi connectivity index (χ3n) is 2.70. The molecule has 0 aromatic carbocycles. The van der Waals surface area contributed by atoms with Gasteiger partial charge < -0.3 is 22.1 Å². The third kappa shape index (κ3) is 14.5. The van der Waals surface area contributed by atoms with E-state index in [0.29, 0.717) is 13.1 Å². The number of hydrogen-bond donors (Lipinski definition) is 4. The molecule has 0 atom stereocenters. The highest BCUT2D eigenvalue weighted by Crippen LogP contribution is 2.07. The van der Waals surface area contributed by atoms with E-state index in [0.717, 1.165) is 25.7 Å². The quantitative estimate of drug-likeness (QED) is 0.420. The molecule has 0 aromatic rings. The molecule has 18 heavy (non-hydrogen) atoms. The van der Waals surface area contributed by atoms with E-state index in [1.165, 1.54) is 25.7 Å². The molecule has 6 nitrogen and oxygen atoms in total. The number of amides is 4. The first-order chi connectivity index (χ1) is 8.63. The molecule has 0 unspecified atom stereocenters. The van der Waals surface area contributed by atoms with Crippen molar-refractivity contribution in [3.05, 3.63) is 0 Å². The summed E-state index contributed by atoms with van der Waals surface area (Å²) in [6.07, 6.45) is 9.07. The second-order valence-electron chi connectivity index (χ2n) is 4.41. The highest BCUT2D eigenvalue weighted by Gasteiger charge is 1.94. The van der Waals surface area contributed by atoms with Crippen molar-refractivity contribution in [2.24, 2.45) is 11.5 Å². The van der Waals surface area contributed by atoms with Crippen LogP contribution in [0.5, 0.6) is 0 Å². The van der Waals surface area contributed by atoms with Crippen molar-refractivity contribution in [2.45, 2.75) is 51.4 Å². The number of nitrogens with two attached hydrogens (primary N) is 2. The zero-order valence-corrected chi connectivity index (χ0v) is 11.0. The lowest BCUT2D eigenvalue weighted by atomic mass is 10.1. The van der Waals surface area contributed by atoms with Crippen molar-refractivity contribution in [3.63, 3.8) is 0 Å². The van der Waals surface area contributed by atoms with Crippen molar-refractivity contribution in [1.29, 1.82) is 0 Å². The minimum atomic E-state index is -0.445. The van der Waals surface area contributed by atoms with Crippen LogP contribution in [0.25, 0.3) is 0 Å². The van der Waals surface area contributed by atoms with Crippen LogP contribution in [-0.4, -0.2) is 25.2 Å². The molecule has 0 heterocycles. The Labute approximate surface area is 109 Å². The zero-order chi connectivity index (χ0) is 13.6. The van der Waals surface area contributed by atoms with Gasteiger partial charge in [-0.15, -0.1) is 0 Å². The topological polar surface area (TPSA) is 110 Å². The number of carbonyl (C=O) groups excluding carboxylic acids is 2.